The second kappa shape index (κ2) is 12.8. The van der Waals surface area contributed by atoms with Crippen LogP contribution in [0, 0.1) is 5.41 Å². The van der Waals surface area contributed by atoms with Gasteiger partial charge < -0.3 is 26.3 Å². The average Bonchev–Trinajstić information content (AvgIpc) is 3.37. The quantitative estimate of drug-likeness (QED) is 0.104. The van der Waals surface area contributed by atoms with E-state index in [0.29, 0.717) is 30.0 Å². The highest BCUT2D eigenvalue weighted by Gasteiger charge is 2.09. The van der Waals surface area contributed by atoms with Gasteiger partial charge in [-0.1, -0.05) is 32.0 Å². The molecule has 0 saturated heterocycles. The molecule has 2 aromatic heterocycles. The van der Waals surface area contributed by atoms with Crippen molar-refractivity contribution in [3.8, 4) is 11.3 Å². The van der Waals surface area contributed by atoms with Crippen LogP contribution >= 0.6 is 0 Å². The number of nitrogens with one attached hydrogen (secondary N) is 4. The second-order valence-corrected chi connectivity index (χ2v) is 9.15. The predicted octanol–water partition coefficient (Wildman–Crippen LogP) is 4.03. The van der Waals surface area contributed by atoms with E-state index in [1.807, 2.05) is 48.5 Å². The van der Waals surface area contributed by atoms with Gasteiger partial charge >= 0.3 is 0 Å². The number of hydrogen-bond acceptors (Lipinski definition) is 6. The molecular formula is C29H36N8O. The van der Waals surface area contributed by atoms with E-state index in [1.165, 1.54) is 0 Å². The van der Waals surface area contributed by atoms with Gasteiger partial charge in [-0.2, -0.15) is 0 Å². The van der Waals surface area contributed by atoms with Crippen LogP contribution in [0.2, 0.25) is 0 Å². The fraction of sp³-hybridized carbons (Fsp3) is 0.310. The molecule has 2 heterocycles. The second-order valence-electron chi connectivity index (χ2n) is 9.15. The van der Waals surface area contributed by atoms with Gasteiger partial charge in [0, 0.05) is 53.1 Å². The minimum absolute atomic E-state index is 0.0329. The lowest BCUT2D eigenvalue weighted by Gasteiger charge is -2.17. The standard InChI is InChI=1S/C29H36N8O/c1-3-37(4-2)17-5-14-33-29-34-16-13-25(36-29)21-7-9-22(10-8-21)28(38)32-15-12-20-6-11-26-23(18-20)24(19-35-26)27(30)31/h6-11,13,16,18-19,35H,3-5,12,14-15,17H2,1-2H3,(H3,30,31)(H,32,38)(H,33,34,36). The number of nitrogen functional groups attached to an aromatic ring is 1. The molecule has 4 aromatic rings. The van der Waals surface area contributed by atoms with Crippen LogP contribution in [0.25, 0.3) is 22.2 Å². The van der Waals surface area contributed by atoms with Crippen molar-refractivity contribution in [2.75, 3.05) is 38.0 Å². The smallest absolute Gasteiger partial charge is 0.251 e. The van der Waals surface area contributed by atoms with Crippen molar-refractivity contribution >= 4 is 28.6 Å². The number of carbonyl (C=O) groups excluding carboxylic acids is 1. The van der Waals surface area contributed by atoms with Gasteiger partial charge in [0.15, 0.2) is 0 Å². The number of H-pyrrole nitrogens is 1. The van der Waals surface area contributed by atoms with E-state index >= 15 is 0 Å². The lowest BCUT2D eigenvalue weighted by Crippen LogP contribution is -2.25. The van der Waals surface area contributed by atoms with Crippen LogP contribution in [0.1, 0.15) is 41.8 Å². The summed E-state index contributed by atoms with van der Waals surface area (Å²) in [6.07, 6.45) is 5.20. The Hall–Kier alpha value is -4.24. The van der Waals surface area contributed by atoms with Crippen LogP contribution in [0.3, 0.4) is 0 Å². The Morgan fingerprint density at radius 3 is 2.61 bits per heavy atom. The zero-order valence-electron chi connectivity index (χ0n) is 22.1. The van der Waals surface area contributed by atoms with Crippen molar-refractivity contribution in [2.45, 2.75) is 26.7 Å². The van der Waals surface area contributed by atoms with Crippen LogP contribution in [0.15, 0.2) is 60.9 Å². The van der Waals surface area contributed by atoms with Crippen LogP contribution in [0.5, 0.6) is 0 Å². The third kappa shape index (κ3) is 6.74. The number of nitrogens with zero attached hydrogens (tertiary/aromatic N) is 3. The lowest BCUT2D eigenvalue weighted by atomic mass is 10.1. The van der Waals surface area contributed by atoms with Gasteiger partial charge in [0.05, 0.1) is 5.69 Å². The van der Waals surface area contributed by atoms with Crippen LogP contribution in [0.4, 0.5) is 5.95 Å². The van der Waals surface area contributed by atoms with Gasteiger partial charge in [-0.25, -0.2) is 9.97 Å². The summed E-state index contributed by atoms with van der Waals surface area (Å²) in [6.45, 7) is 8.84. The van der Waals surface area contributed by atoms with Gasteiger partial charge in [-0.3, -0.25) is 10.2 Å². The highest BCUT2D eigenvalue weighted by atomic mass is 16.1. The summed E-state index contributed by atoms with van der Waals surface area (Å²) in [7, 11) is 0. The molecule has 2 aromatic carbocycles. The van der Waals surface area contributed by atoms with E-state index in [2.05, 4.69) is 44.3 Å². The Labute approximate surface area is 223 Å². The van der Waals surface area contributed by atoms with E-state index in [9.17, 15) is 4.79 Å². The third-order valence-electron chi connectivity index (χ3n) is 6.66. The summed E-state index contributed by atoms with van der Waals surface area (Å²) >= 11 is 0. The van der Waals surface area contributed by atoms with Crippen molar-refractivity contribution in [1.82, 2.24) is 25.2 Å². The van der Waals surface area contributed by atoms with Crippen LogP contribution < -0.4 is 16.4 Å². The number of aromatic nitrogens is 3. The zero-order valence-corrected chi connectivity index (χ0v) is 22.1. The van der Waals surface area contributed by atoms with E-state index in [4.69, 9.17) is 11.1 Å². The molecule has 6 N–H and O–H groups in total. The Morgan fingerprint density at radius 2 is 1.87 bits per heavy atom. The van der Waals surface area contributed by atoms with E-state index < -0.39 is 0 Å². The summed E-state index contributed by atoms with van der Waals surface area (Å²) in [5.74, 6) is 0.518. The molecule has 0 saturated carbocycles. The molecule has 4 rings (SSSR count). The average molecular weight is 513 g/mol. The number of anilines is 1. The first-order chi connectivity index (χ1) is 18.5. The Balaban J connectivity index is 1.29. The largest absolute Gasteiger partial charge is 0.384 e. The van der Waals surface area contributed by atoms with Crippen molar-refractivity contribution in [3.05, 3.63) is 77.6 Å². The monoisotopic (exact) mass is 512 g/mol. The SMILES string of the molecule is CCN(CC)CCCNc1nccc(-c2ccc(C(=O)NCCc3ccc4[nH]cc(C(=N)N)c4c3)cc2)n1. The van der Waals surface area contributed by atoms with Gasteiger partial charge in [0.1, 0.15) is 5.84 Å². The molecule has 0 aliphatic carbocycles. The number of benzene rings is 2. The summed E-state index contributed by atoms with van der Waals surface area (Å²) in [5.41, 5.74) is 10.7. The molecule has 0 fully saturated rings. The third-order valence-corrected chi connectivity index (χ3v) is 6.66. The first-order valence-corrected chi connectivity index (χ1v) is 13.1. The summed E-state index contributed by atoms with van der Waals surface area (Å²) in [4.78, 5) is 27.2. The van der Waals surface area contributed by atoms with E-state index in [1.54, 1.807) is 12.4 Å². The molecule has 0 unspecified atom stereocenters. The first kappa shape index (κ1) is 26.8. The van der Waals surface area contributed by atoms with Crippen LogP contribution in [-0.4, -0.2) is 64.3 Å². The zero-order chi connectivity index (χ0) is 26.9. The van der Waals surface area contributed by atoms with Crippen molar-refractivity contribution in [1.29, 1.82) is 5.41 Å². The molecule has 9 heteroatoms. The molecule has 38 heavy (non-hydrogen) atoms. The molecule has 1 amide bonds. The number of carbonyl (C=O) groups is 1. The number of fused-ring (bicyclic) bond motifs is 1. The lowest BCUT2D eigenvalue weighted by molar-refractivity contribution is 0.0954. The molecule has 0 aliphatic heterocycles. The number of amides is 1. The minimum atomic E-state index is -0.123. The maximum Gasteiger partial charge on any atom is 0.251 e. The molecule has 0 spiro atoms. The molecule has 198 valence electrons. The number of aromatic amines is 1. The first-order valence-electron chi connectivity index (χ1n) is 13.1. The fourth-order valence-corrected chi connectivity index (χ4v) is 4.41. The molecular weight excluding hydrogens is 476 g/mol. The topological polar surface area (TPSA) is 136 Å². The van der Waals surface area contributed by atoms with Crippen LogP contribution in [-0.2, 0) is 6.42 Å². The molecule has 9 nitrogen and oxygen atoms in total. The number of amidine groups is 1. The summed E-state index contributed by atoms with van der Waals surface area (Å²) in [5, 5.41) is 14.9. The van der Waals surface area contributed by atoms with E-state index in [-0.39, 0.29) is 11.7 Å². The van der Waals surface area contributed by atoms with Crippen molar-refractivity contribution in [3.63, 3.8) is 0 Å². The normalized spacial score (nSPS) is 11.1. The Bertz CT molecular complexity index is 1380. The highest BCUT2D eigenvalue weighted by Crippen LogP contribution is 2.20. The molecule has 0 atom stereocenters. The molecule has 0 bridgehead atoms. The fourth-order valence-electron chi connectivity index (χ4n) is 4.41. The number of hydrogen-bond donors (Lipinski definition) is 5. The molecule has 0 radical (unpaired) electrons. The number of rotatable bonds is 13. The highest BCUT2D eigenvalue weighted by molar-refractivity contribution is 6.07. The Morgan fingerprint density at radius 1 is 1.08 bits per heavy atom. The maximum atomic E-state index is 12.7. The molecule has 0 aliphatic rings. The predicted molar refractivity (Wildman–Crippen MR) is 154 cm³/mol. The van der Waals surface area contributed by atoms with Gasteiger partial charge in [-0.15, -0.1) is 0 Å². The van der Waals surface area contributed by atoms with Gasteiger partial charge in [0.2, 0.25) is 5.95 Å². The summed E-state index contributed by atoms with van der Waals surface area (Å²) in [6, 6.07) is 15.3. The van der Waals surface area contributed by atoms with Gasteiger partial charge in [0.25, 0.3) is 5.91 Å². The Kier molecular flexibility index (Phi) is 9.05. The van der Waals surface area contributed by atoms with Crippen molar-refractivity contribution in [2.24, 2.45) is 5.73 Å². The van der Waals surface area contributed by atoms with Crippen molar-refractivity contribution < 1.29 is 4.79 Å². The minimum Gasteiger partial charge on any atom is -0.384 e. The van der Waals surface area contributed by atoms with E-state index in [0.717, 1.165) is 60.3 Å². The van der Waals surface area contributed by atoms with Gasteiger partial charge in [-0.05, 0) is 68.4 Å². The maximum absolute atomic E-state index is 12.7. The summed E-state index contributed by atoms with van der Waals surface area (Å²) < 4.78 is 0. The number of nitrogens with two attached hydrogens (primary N) is 1.